The van der Waals surface area contributed by atoms with Gasteiger partial charge < -0.3 is 15.5 Å². The highest BCUT2D eigenvalue weighted by Crippen LogP contribution is 2.14. The fourth-order valence-corrected chi connectivity index (χ4v) is 2.10. The Bertz CT molecular complexity index is 778. The Labute approximate surface area is 115 Å². The number of fused-ring (bicyclic) bond motifs is 1. The van der Waals surface area contributed by atoms with E-state index in [1.165, 1.54) is 0 Å². The highest BCUT2D eigenvalue weighted by Gasteiger charge is 2.05. The summed E-state index contributed by atoms with van der Waals surface area (Å²) >= 11 is 0. The quantitative estimate of drug-likeness (QED) is 0.326. The lowest BCUT2D eigenvalue weighted by Crippen LogP contribution is -2.15. The van der Waals surface area contributed by atoms with E-state index < -0.39 is 0 Å². The molecule has 0 aliphatic heterocycles. The minimum atomic E-state index is 0.00217. The second-order valence-corrected chi connectivity index (χ2v) is 4.40. The number of oxime groups is 1. The van der Waals surface area contributed by atoms with Crippen molar-refractivity contribution in [3.63, 3.8) is 0 Å². The molecule has 3 rings (SSSR count). The Morgan fingerprint density at radius 2 is 2.10 bits per heavy atom. The number of nitrogens with zero attached hydrogens (tertiary/aromatic N) is 4. The maximum Gasteiger partial charge on any atom is 0.188 e. The van der Waals surface area contributed by atoms with Crippen molar-refractivity contribution in [1.82, 2.24) is 14.5 Å². The summed E-state index contributed by atoms with van der Waals surface area (Å²) in [6, 6.07) is 11.6. The molecule has 0 aliphatic carbocycles. The highest BCUT2D eigenvalue weighted by molar-refractivity contribution is 5.95. The third kappa shape index (κ3) is 2.18. The van der Waals surface area contributed by atoms with Gasteiger partial charge in [-0.05, 0) is 29.8 Å². The molecule has 0 amide bonds. The maximum absolute atomic E-state index is 8.68. The van der Waals surface area contributed by atoms with Gasteiger partial charge in [0.25, 0.3) is 0 Å². The molecule has 100 valence electrons. The van der Waals surface area contributed by atoms with Gasteiger partial charge in [-0.15, -0.1) is 0 Å². The Balaban J connectivity index is 1.95. The smallest absolute Gasteiger partial charge is 0.188 e. The molecule has 2 aromatic heterocycles. The first-order chi connectivity index (χ1) is 9.78. The minimum Gasteiger partial charge on any atom is -0.409 e. The fraction of sp³-hybridized carbons (Fsp3) is 0.0714. The van der Waals surface area contributed by atoms with Crippen LogP contribution in [0.4, 0.5) is 0 Å². The van der Waals surface area contributed by atoms with Gasteiger partial charge in [0.1, 0.15) is 5.69 Å². The average Bonchev–Trinajstić information content (AvgIpc) is 2.90. The highest BCUT2D eigenvalue weighted by atomic mass is 16.4. The standard InChI is InChI=1S/C14H13N5O/c15-14(18-20)12-7-10(5-6-16-12)8-19-9-17-11-3-1-2-4-13(11)19/h1-7,9,20H,8H2,(H2,15,18). The minimum absolute atomic E-state index is 0.00217. The lowest BCUT2D eigenvalue weighted by atomic mass is 10.2. The zero-order valence-electron chi connectivity index (χ0n) is 10.6. The predicted molar refractivity (Wildman–Crippen MR) is 75.6 cm³/mol. The lowest BCUT2D eigenvalue weighted by molar-refractivity contribution is 0.318. The first-order valence-electron chi connectivity index (χ1n) is 6.10. The van der Waals surface area contributed by atoms with Crippen LogP contribution in [0.15, 0.2) is 54.1 Å². The third-order valence-corrected chi connectivity index (χ3v) is 3.07. The molecule has 6 nitrogen and oxygen atoms in total. The summed E-state index contributed by atoms with van der Waals surface area (Å²) < 4.78 is 2.04. The SMILES string of the molecule is NC(=NO)c1cc(Cn2cnc3ccccc32)ccn1. The van der Waals surface area contributed by atoms with E-state index in [1.54, 1.807) is 18.6 Å². The summed E-state index contributed by atoms with van der Waals surface area (Å²) in [5, 5.41) is 11.6. The molecule has 0 spiro atoms. The summed E-state index contributed by atoms with van der Waals surface area (Å²) in [6.45, 7) is 0.648. The zero-order valence-corrected chi connectivity index (χ0v) is 10.6. The summed E-state index contributed by atoms with van der Waals surface area (Å²) in [5.41, 5.74) is 9.02. The van der Waals surface area contributed by atoms with Gasteiger partial charge in [-0.3, -0.25) is 4.98 Å². The van der Waals surface area contributed by atoms with E-state index in [0.29, 0.717) is 12.2 Å². The second kappa shape index (κ2) is 5.00. The van der Waals surface area contributed by atoms with E-state index in [-0.39, 0.29) is 5.84 Å². The molecule has 0 unspecified atom stereocenters. The van der Waals surface area contributed by atoms with Crippen LogP contribution in [0.25, 0.3) is 11.0 Å². The van der Waals surface area contributed by atoms with Gasteiger partial charge in [-0.25, -0.2) is 4.98 Å². The molecule has 0 radical (unpaired) electrons. The largest absolute Gasteiger partial charge is 0.409 e. The van der Waals surface area contributed by atoms with Crippen LogP contribution in [0.5, 0.6) is 0 Å². The van der Waals surface area contributed by atoms with Crippen molar-refractivity contribution in [2.24, 2.45) is 10.9 Å². The van der Waals surface area contributed by atoms with Gasteiger partial charge in [0.2, 0.25) is 0 Å². The number of pyridine rings is 1. The Morgan fingerprint density at radius 3 is 2.95 bits per heavy atom. The van der Waals surface area contributed by atoms with Gasteiger partial charge >= 0.3 is 0 Å². The predicted octanol–water partition coefficient (Wildman–Crippen LogP) is 1.57. The first kappa shape index (κ1) is 12.2. The van der Waals surface area contributed by atoms with Gasteiger partial charge in [0.15, 0.2) is 5.84 Å². The number of imidazole rings is 1. The van der Waals surface area contributed by atoms with Crippen molar-refractivity contribution >= 4 is 16.9 Å². The van der Waals surface area contributed by atoms with Crippen molar-refractivity contribution in [1.29, 1.82) is 0 Å². The van der Waals surface area contributed by atoms with E-state index in [9.17, 15) is 0 Å². The van der Waals surface area contributed by atoms with Crippen LogP contribution in [-0.2, 0) is 6.54 Å². The monoisotopic (exact) mass is 267 g/mol. The van der Waals surface area contributed by atoms with Crippen molar-refractivity contribution in [3.05, 3.63) is 60.2 Å². The van der Waals surface area contributed by atoms with E-state index in [1.807, 2.05) is 34.9 Å². The van der Waals surface area contributed by atoms with E-state index in [2.05, 4.69) is 15.1 Å². The van der Waals surface area contributed by atoms with Crippen molar-refractivity contribution in [2.45, 2.75) is 6.54 Å². The maximum atomic E-state index is 8.68. The number of nitrogens with two attached hydrogens (primary N) is 1. The van der Waals surface area contributed by atoms with Crippen molar-refractivity contribution in [2.75, 3.05) is 0 Å². The number of rotatable bonds is 3. The summed E-state index contributed by atoms with van der Waals surface area (Å²) in [6.07, 6.45) is 3.44. The number of aromatic nitrogens is 3. The number of hydrogen-bond donors (Lipinski definition) is 2. The molecule has 3 N–H and O–H groups in total. The molecule has 20 heavy (non-hydrogen) atoms. The van der Waals surface area contributed by atoms with Gasteiger partial charge in [-0.2, -0.15) is 0 Å². The van der Waals surface area contributed by atoms with Gasteiger partial charge in [0.05, 0.1) is 17.4 Å². The summed E-state index contributed by atoms with van der Waals surface area (Å²) in [4.78, 5) is 8.41. The molecule has 0 atom stereocenters. The molecule has 3 aromatic rings. The van der Waals surface area contributed by atoms with Crippen LogP contribution in [0.3, 0.4) is 0 Å². The first-order valence-corrected chi connectivity index (χ1v) is 6.10. The molecule has 0 fully saturated rings. The van der Waals surface area contributed by atoms with E-state index in [0.717, 1.165) is 16.6 Å². The van der Waals surface area contributed by atoms with Crippen LogP contribution < -0.4 is 5.73 Å². The molecule has 2 heterocycles. The number of para-hydroxylation sites is 2. The Morgan fingerprint density at radius 1 is 1.25 bits per heavy atom. The molecular weight excluding hydrogens is 254 g/mol. The van der Waals surface area contributed by atoms with Crippen LogP contribution in [0.2, 0.25) is 0 Å². The Kier molecular flexibility index (Phi) is 3.04. The molecular formula is C14H13N5O. The summed E-state index contributed by atoms with van der Waals surface area (Å²) in [5.74, 6) is 0.00217. The van der Waals surface area contributed by atoms with Crippen molar-refractivity contribution in [3.8, 4) is 0 Å². The number of hydrogen-bond acceptors (Lipinski definition) is 4. The normalized spacial score (nSPS) is 11.9. The molecule has 0 saturated heterocycles. The van der Waals surface area contributed by atoms with Crippen molar-refractivity contribution < 1.29 is 5.21 Å². The molecule has 0 saturated carbocycles. The summed E-state index contributed by atoms with van der Waals surface area (Å²) in [7, 11) is 0. The topological polar surface area (TPSA) is 89.3 Å². The van der Waals surface area contributed by atoms with E-state index in [4.69, 9.17) is 10.9 Å². The number of benzene rings is 1. The molecule has 6 heteroatoms. The van der Waals surface area contributed by atoms with E-state index >= 15 is 0 Å². The third-order valence-electron chi connectivity index (χ3n) is 3.07. The zero-order chi connectivity index (χ0) is 13.9. The van der Waals surface area contributed by atoms with Gasteiger partial charge in [-0.1, -0.05) is 17.3 Å². The molecule has 1 aromatic carbocycles. The fourth-order valence-electron chi connectivity index (χ4n) is 2.10. The Hall–Kier alpha value is -2.89. The van der Waals surface area contributed by atoms with Crippen LogP contribution in [-0.4, -0.2) is 25.6 Å². The number of amidine groups is 1. The van der Waals surface area contributed by atoms with Gasteiger partial charge in [0, 0.05) is 12.7 Å². The lowest BCUT2D eigenvalue weighted by Gasteiger charge is -2.06. The second-order valence-electron chi connectivity index (χ2n) is 4.40. The average molecular weight is 267 g/mol. The van der Waals surface area contributed by atoms with Crippen LogP contribution in [0, 0.1) is 0 Å². The molecule has 0 bridgehead atoms. The molecule has 0 aliphatic rings. The van der Waals surface area contributed by atoms with Crippen LogP contribution >= 0.6 is 0 Å². The van der Waals surface area contributed by atoms with Crippen LogP contribution in [0.1, 0.15) is 11.3 Å².